The molecule has 0 rings (SSSR count). The molecule has 1 atom stereocenters. The molecule has 0 spiro atoms. The van der Waals surface area contributed by atoms with Crippen LogP contribution in [0.3, 0.4) is 0 Å². The van der Waals surface area contributed by atoms with E-state index in [1.807, 2.05) is 27.7 Å². The number of hydrogen-bond acceptors (Lipinski definition) is 4. The van der Waals surface area contributed by atoms with Gasteiger partial charge in [-0.05, 0) is 20.8 Å². The summed E-state index contributed by atoms with van der Waals surface area (Å²) in [6.45, 7) is 8.69. The third kappa shape index (κ3) is 4.09. The first-order valence-electron chi connectivity index (χ1n) is 5.11. The molecule has 0 aromatic rings. The average Bonchev–Trinajstić information content (AvgIpc) is 2.18. The van der Waals surface area contributed by atoms with Gasteiger partial charge in [-0.2, -0.15) is 0 Å². The molecule has 0 aliphatic rings. The molecule has 0 aromatic heterocycles. The van der Waals surface area contributed by atoms with Crippen LogP contribution in [0.4, 0.5) is 0 Å². The Kier molecular flexibility index (Phi) is 7.47. The van der Waals surface area contributed by atoms with Crippen molar-refractivity contribution < 1.29 is 18.6 Å². The van der Waals surface area contributed by atoms with Crippen LogP contribution in [-0.2, 0) is 18.6 Å². The zero-order valence-corrected chi connectivity index (χ0v) is 10.4. The topological polar surface area (TPSA) is 44.8 Å². The van der Waals surface area contributed by atoms with Crippen molar-refractivity contribution in [1.29, 1.82) is 0 Å². The molecule has 0 aliphatic carbocycles. The quantitative estimate of drug-likeness (QED) is 0.469. The highest BCUT2D eigenvalue weighted by molar-refractivity contribution is 7.59. The molecular formula is C9H21O4P. The van der Waals surface area contributed by atoms with Crippen molar-refractivity contribution in [2.45, 2.75) is 33.7 Å². The van der Waals surface area contributed by atoms with Crippen molar-refractivity contribution in [3.8, 4) is 0 Å². The highest BCUT2D eigenvalue weighted by atomic mass is 31.2. The summed E-state index contributed by atoms with van der Waals surface area (Å²) in [5.41, 5.74) is 0. The molecule has 86 valence electrons. The smallest absolute Gasteiger partial charge is 0.257 e. The number of hydrogen-bond donors (Lipinski definition) is 0. The summed E-state index contributed by atoms with van der Waals surface area (Å²) in [7, 11) is -2.79. The Hall–Kier alpha value is 0.110. The summed E-state index contributed by atoms with van der Waals surface area (Å²) in [5, 5.41) is 0. The second-order valence-electron chi connectivity index (χ2n) is 2.68. The molecule has 0 aliphatic heterocycles. The van der Waals surface area contributed by atoms with Gasteiger partial charge >= 0.3 is 0 Å². The third-order valence-electron chi connectivity index (χ3n) is 1.73. The van der Waals surface area contributed by atoms with E-state index in [1.165, 1.54) is 0 Å². The Labute approximate surface area is 86.4 Å². The fourth-order valence-corrected chi connectivity index (χ4v) is 2.87. The van der Waals surface area contributed by atoms with Gasteiger partial charge in [0.15, 0.2) is 0 Å². The van der Waals surface area contributed by atoms with E-state index >= 15 is 0 Å². The molecule has 0 fully saturated rings. The molecular weight excluding hydrogens is 203 g/mol. The zero-order valence-electron chi connectivity index (χ0n) is 9.49. The van der Waals surface area contributed by atoms with Gasteiger partial charge in [-0.1, -0.05) is 6.92 Å². The minimum absolute atomic E-state index is 0.418. The first kappa shape index (κ1) is 14.1. The maximum absolute atomic E-state index is 12.2. The maximum Gasteiger partial charge on any atom is 0.257 e. The van der Waals surface area contributed by atoms with E-state index in [1.54, 1.807) is 0 Å². The van der Waals surface area contributed by atoms with Crippen molar-refractivity contribution in [3.63, 3.8) is 0 Å². The molecule has 0 heterocycles. The first-order chi connectivity index (χ1) is 6.64. The van der Waals surface area contributed by atoms with Gasteiger partial charge in [-0.25, -0.2) is 0 Å². The Morgan fingerprint density at radius 1 is 1.00 bits per heavy atom. The number of ether oxygens (including phenoxy) is 2. The second-order valence-corrected chi connectivity index (χ2v) is 5.44. The molecule has 0 amide bonds. The summed E-state index contributed by atoms with van der Waals surface area (Å²) >= 11 is 0. The van der Waals surface area contributed by atoms with E-state index in [4.69, 9.17) is 14.0 Å². The molecule has 0 saturated carbocycles. The summed E-state index contributed by atoms with van der Waals surface area (Å²) < 4.78 is 28.0. The third-order valence-corrected chi connectivity index (χ3v) is 4.25. The lowest BCUT2D eigenvalue weighted by Gasteiger charge is -2.25. The second kappa shape index (κ2) is 7.41. The van der Waals surface area contributed by atoms with Crippen LogP contribution in [0.2, 0.25) is 0 Å². The SMILES string of the molecule is CCOC(OCC)P(=O)(CC)OCC. The zero-order chi connectivity index (χ0) is 11.0. The summed E-state index contributed by atoms with van der Waals surface area (Å²) in [6.07, 6.45) is 0.436. The van der Waals surface area contributed by atoms with Gasteiger partial charge in [0, 0.05) is 19.4 Å². The van der Waals surface area contributed by atoms with Crippen molar-refractivity contribution in [3.05, 3.63) is 0 Å². The van der Waals surface area contributed by atoms with Crippen molar-refractivity contribution >= 4 is 7.37 Å². The van der Waals surface area contributed by atoms with Crippen molar-refractivity contribution in [1.82, 2.24) is 0 Å². The van der Waals surface area contributed by atoms with Gasteiger partial charge < -0.3 is 14.0 Å². The Bertz CT molecular complexity index is 178. The highest BCUT2D eigenvalue weighted by Gasteiger charge is 2.33. The molecule has 5 heteroatoms. The van der Waals surface area contributed by atoms with Crippen LogP contribution in [0.1, 0.15) is 27.7 Å². The summed E-state index contributed by atoms with van der Waals surface area (Å²) in [6, 6.07) is -0.706. The van der Waals surface area contributed by atoms with Crippen molar-refractivity contribution in [2.75, 3.05) is 26.0 Å². The molecule has 0 bridgehead atoms. The average molecular weight is 224 g/mol. The highest BCUT2D eigenvalue weighted by Crippen LogP contribution is 2.52. The van der Waals surface area contributed by atoms with E-state index in [0.717, 1.165) is 0 Å². The van der Waals surface area contributed by atoms with Crippen LogP contribution >= 0.6 is 7.37 Å². The predicted octanol–water partition coefficient (Wildman–Crippen LogP) is 2.68. The Balaban J connectivity index is 4.46. The van der Waals surface area contributed by atoms with E-state index in [2.05, 4.69) is 0 Å². The van der Waals surface area contributed by atoms with Gasteiger partial charge in [0.05, 0.1) is 6.61 Å². The lowest BCUT2D eigenvalue weighted by Crippen LogP contribution is -2.20. The Morgan fingerprint density at radius 2 is 1.50 bits per heavy atom. The van der Waals surface area contributed by atoms with E-state index in [-0.39, 0.29) is 0 Å². The monoisotopic (exact) mass is 224 g/mol. The molecule has 0 N–H and O–H groups in total. The molecule has 0 aromatic carbocycles. The molecule has 0 saturated heterocycles. The maximum atomic E-state index is 12.2. The lowest BCUT2D eigenvalue weighted by atomic mass is 10.9. The normalized spacial score (nSPS) is 15.8. The van der Waals surface area contributed by atoms with E-state index in [9.17, 15) is 4.57 Å². The largest absolute Gasteiger partial charge is 0.345 e. The minimum atomic E-state index is -2.79. The number of rotatable bonds is 8. The molecule has 1 unspecified atom stereocenters. The minimum Gasteiger partial charge on any atom is -0.345 e. The summed E-state index contributed by atoms with van der Waals surface area (Å²) in [5.74, 6) is 0. The predicted molar refractivity (Wildman–Crippen MR) is 56.8 cm³/mol. The van der Waals surface area contributed by atoms with Crippen LogP contribution in [0.15, 0.2) is 0 Å². The van der Waals surface area contributed by atoms with Gasteiger partial charge in [-0.3, -0.25) is 4.57 Å². The van der Waals surface area contributed by atoms with Crippen LogP contribution in [0.5, 0.6) is 0 Å². The van der Waals surface area contributed by atoms with Crippen LogP contribution < -0.4 is 0 Å². The fourth-order valence-electron chi connectivity index (χ4n) is 1.08. The van der Waals surface area contributed by atoms with Crippen molar-refractivity contribution in [2.24, 2.45) is 0 Å². The van der Waals surface area contributed by atoms with Crippen LogP contribution in [-0.4, -0.2) is 32.0 Å². The lowest BCUT2D eigenvalue weighted by molar-refractivity contribution is -0.0887. The summed E-state index contributed by atoms with van der Waals surface area (Å²) in [4.78, 5) is 0. The first-order valence-corrected chi connectivity index (χ1v) is 6.98. The van der Waals surface area contributed by atoms with E-state index in [0.29, 0.717) is 26.0 Å². The van der Waals surface area contributed by atoms with Crippen LogP contribution in [0, 0.1) is 0 Å². The molecule has 4 nitrogen and oxygen atoms in total. The van der Waals surface area contributed by atoms with E-state index < -0.39 is 13.4 Å². The molecule has 14 heavy (non-hydrogen) atoms. The standard InChI is InChI=1S/C9H21O4P/c1-5-11-9(12-6-2)14(10,8-4)13-7-3/h9H,5-8H2,1-4H3. The van der Waals surface area contributed by atoms with Gasteiger partial charge in [0.25, 0.3) is 7.37 Å². The van der Waals surface area contributed by atoms with Gasteiger partial charge in [0.2, 0.25) is 6.03 Å². The van der Waals surface area contributed by atoms with Crippen LogP contribution in [0.25, 0.3) is 0 Å². The Morgan fingerprint density at radius 3 is 1.79 bits per heavy atom. The van der Waals surface area contributed by atoms with Gasteiger partial charge in [0.1, 0.15) is 0 Å². The molecule has 0 radical (unpaired) electrons. The fraction of sp³-hybridized carbons (Fsp3) is 1.00. The van der Waals surface area contributed by atoms with Gasteiger partial charge in [-0.15, -0.1) is 0 Å².